The lowest BCUT2D eigenvalue weighted by atomic mass is 10.1. The highest BCUT2D eigenvalue weighted by Crippen LogP contribution is 2.29. The molecule has 30 heavy (non-hydrogen) atoms. The van der Waals surface area contributed by atoms with Gasteiger partial charge in [-0.1, -0.05) is 13.8 Å². The molecule has 1 aromatic rings. The molecule has 9 nitrogen and oxygen atoms in total. The van der Waals surface area contributed by atoms with Crippen molar-refractivity contribution in [3.8, 4) is 0 Å². The number of benzene rings is 1. The van der Waals surface area contributed by atoms with Gasteiger partial charge in [-0.3, -0.25) is 9.59 Å². The SMILES string of the molecule is CCN(CC)S(=O)(=O)c1ccc(N2CC(C(=O)OC3CC(C)OC3=O)CC2=O)cc1. The van der Waals surface area contributed by atoms with E-state index in [1.165, 1.54) is 21.3 Å². The average molecular weight is 439 g/mol. The highest BCUT2D eigenvalue weighted by molar-refractivity contribution is 7.89. The minimum absolute atomic E-state index is 0.0321. The number of carbonyl (C=O) groups excluding carboxylic acids is 3. The van der Waals surface area contributed by atoms with Crippen LogP contribution in [0.3, 0.4) is 0 Å². The van der Waals surface area contributed by atoms with Crippen LogP contribution in [0.1, 0.15) is 33.6 Å². The molecule has 2 heterocycles. The van der Waals surface area contributed by atoms with Crippen LogP contribution in [-0.4, -0.2) is 62.4 Å². The van der Waals surface area contributed by atoms with Gasteiger partial charge in [0, 0.05) is 38.2 Å². The molecular formula is C20H26N2O7S. The number of nitrogens with zero attached hydrogens (tertiary/aromatic N) is 2. The summed E-state index contributed by atoms with van der Waals surface area (Å²) in [5.41, 5.74) is 0.502. The molecule has 2 fully saturated rings. The number of carbonyl (C=O) groups is 3. The van der Waals surface area contributed by atoms with Crippen LogP contribution in [0.2, 0.25) is 0 Å². The highest BCUT2D eigenvalue weighted by atomic mass is 32.2. The van der Waals surface area contributed by atoms with Crippen LogP contribution >= 0.6 is 0 Å². The van der Waals surface area contributed by atoms with Crippen molar-refractivity contribution >= 4 is 33.6 Å². The van der Waals surface area contributed by atoms with Gasteiger partial charge in [-0.25, -0.2) is 13.2 Å². The van der Waals surface area contributed by atoms with Crippen molar-refractivity contribution in [1.82, 2.24) is 4.31 Å². The molecule has 0 aromatic heterocycles. The van der Waals surface area contributed by atoms with E-state index >= 15 is 0 Å². The van der Waals surface area contributed by atoms with Crippen LogP contribution in [0.4, 0.5) is 5.69 Å². The van der Waals surface area contributed by atoms with E-state index in [0.29, 0.717) is 25.2 Å². The van der Waals surface area contributed by atoms with E-state index in [0.717, 1.165) is 0 Å². The largest absolute Gasteiger partial charge is 0.460 e. The fraction of sp³-hybridized carbons (Fsp3) is 0.550. The van der Waals surface area contributed by atoms with E-state index in [1.807, 2.05) is 0 Å². The van der Waals surface area contributed by atoms with Crippen molar-refractivity contribution in [2.24, 2.45) is 5.92 Å². The Bertz CT molecular complexity index is 925. The lowest BCUT2D eigenvalue weighted by molar-refractivity contribution is -0.163. The number of hydrogen-bond acceptors (Lipinski definition) is 7. The summed E-state index contributed by atoms with van der Waals surface area (Å²) in [6.45, 7) is 6.09. The number of hydrogen-bond donors (Lipinski definition) is 0. The summed E-state index contributed by atoms with van der Waals surface area (Å²) >= 11 is 0. The zero-order chi connectivity index (χ0) is 22.1. The van der Waals surface area contributed by atoms with Crippen molar-refractivity contribution < 1.29 is 32.3 Å². The van der Waals surface area contributed by atoms with E-state index < -0.39 is 34.0 Å². The normalized spacial score (nSPS) is 24.4. The molecule has 0 saturated carbocycles. The van der Waals surface area contributed by atoms with Gasteiger partial charge in [0.15, 0.2) is 0 Å². The monoisotopic (exact) mass is 438 g/mol. The van der Waals surface area contributed by atoms with Crippen LogP contribution in [0.15, 0.2) is 29.2 Å². The zero-order valence-electron chi connectivity index (χ0n) is 17.2. The lowest BCUT2D eigenvalue weighted by Gasteiger charge is -2.20. The highest BCUT2D eigenvalue weighted by Gasteiger charge is 2.41. The van der Waals surface area contributed by atoms with Gasteiger partial charge in [0.25, 0.3) is 0 Å². The summed E-state index contributed by atoms with van der Waals surface area (Å²) in [6.07, 6.45) is -0.961. The summed E-state index contributed by atoms with van der Waals surface area (Å²) < 4.78 is 36.8. The maximum Gasteiger partial charge on any atom is 0.347 e. The quantitative estimate of drug-likeness (QED) is 0.591. The number of ether oxygens (including phenoxy) is 2. The number of anilines is 1. The van der Waals surface area contributed by atoms with Gasteiger partial charge in [-0.05, 0) is 31.2 Å². The van der Waals surface area contributed by atoms with Gasteiger partial charge in [-0.2, -0.15) is 4.31 Å². The Morgan fingerprint density at radius 2 is 1.83 bits per heavy atom. The Labute approximate surface area is 176 Å². The first-order valence-electron chi connectivity index (χ1n) is 9.98. The average Bonchev–Trinajstić information content (AvgIpc) is 3.24. The molecule has 1 amide bonds. The van der Waals surface area contributed by atoms with Crippen molar-refractivity contribution in [2.45, 2.75) is 50.7 Å². The van der Waals surface area contributed by atoms with Gasteiger partial charge < -0.3 is 14.4 Å². The molecule has 3 unspecified atom stereocenters. The predicted molar refractivity (Wildman–Crippen MR) is 107 cm³/mol. The molecular weight excluding hydrogens is 412 g/mol. The van der Waals surface area contributed by atoms with Crippen molar-refractivity contribution in [1.29, 1.82) is 0 Å². The molecule has 3 rings (SSSR count). The third-order valence-electron chi connectivity index (χ3n) is 5.33. The molecule has 0 aliphatic carbocycles. The predicted octanol–water partition coefficient (Wildman–Crippen LogP) is 1.32. The van der Waals surface area contributed by atoms with Crippen molar-refractivity contribution in [2.75, 3.05) is 24.5 Å². The molecule has 0 bridgehead atoms. The smallest absolute Gasteiger partial charge is 0.347 e. The van der Waals surface area contributed by atoms with Crippen LogP contribution in [0, 0.1) is 5.92 Å². The number of esters is 2. The Kier molecular flexibility index (Phi) is 6.47. The molecule has 164 valence electrons. The van der Waals surface area contributed by atoms with Crippen LogP contribution in [0.25, 0.3) is 0 Å². The minimum atomic E-state index is -3.59. The van der Waals surface area contributed by atoms with Gasteiger partial charge >= 0.3 is 11.9 Å². The van der Waals surface area contributed by atoms with E-state index in [4.69, 9.17) is 9.47 Å². The van der Waals surface area contributed by atoms with E-state index in [9.17, 15) is 22.8 Å². The third-order valence-corrected chi connectivity index (χ3v) is 7.40. The Morgan fingerprint density at radius 1 is 1.20 bits per heavy atom. The second-order valence-corrected chi connectivity index (χ2v) is 9.34. The Balaban J connectivity index is 1.68. The minimum Gasteiger partial charge on any atom is -0.460 e. The Morgan fingerprint density at radius 3 is 2.37 bits per heavy atom. The fourth-order valence-corrected chi connectivity index (χ4v) is 5.14. The van der Waals surface area contributed by atoms with E-state index in [-0.39, 0.29) is 29.9 Å². The summed E-state index contributed by atoms with van der Waals surface area (Å²) in [7, 11) is -3.59. The van der Waals surface area contributed by atoms with Crippen LogP contribution in [-0.2, 0) is 33.9 Å². The van der Waals surface area contributed by atoms with E-state index in [2.05, 4.69) is 0 Å². The molecule has 2 saturated heterocycles. The molecule has 2 aliphatic rings. The summed E-state index contributed by atoms with van der Waals surface area (Å²) in [4.78, 5) is 38.1. The molecule has 0 radical (unpaired) electrons. The topological polar surface area (TPSA) is 110 Å². The van der Waals surface area contributed by atoms with Gasteiger partial charge in [0.05, 0.1) is 10.8 Å². The first-order chi connectivity index (χ1) is 14.2. The van der Waals surface area contributed by atoms with Gasteiger partial charge in [0.1, 0.15) is 6.10 Å². The number of cyclic esters (lactones) is 1. The lowest BCUT2D eigenvalue weighted by Crippen LogP contribution is -2.31. The van der Waals surface area contributed by atoms with Crippen molar-refractivity contribution in [3.63, 3.8) is 0 Å². The molecule has 10 heteroatoms. The second-order valence-electron chi connectivity index (χ2n) is 7.40. The summed E-state index contributed by atoms with van der Waals surface area (Å²) in [5.74, 6) is -2.14. The van der Waals surface area contributed by atoms with Gasteiger partial charge in [0.2, 0.25) is 22.0 Å². The van der Waals surface area contributed by atoms with Crippen molar-refractivity contribution in [3.05, 3.63) is 24.3 Å². The second kappa shape index (κ2) is 8.73. The maximum absolute atomic E-state index is 12.6. The third kappa shape index (κ3) is 4.34. The molecule has 3 atom stereocenters. The summed E-state index contributed by atoms with van der Waals surface area (Å²) in [5, 5.41) is 0. The summed E-state index contributed by atoms with van der Waals surface area (Å²) in [6, 6.07) is 6.02. The molecule has 0 N–H and O–H groups in total. The first kappa shape index (κ1) is 22.2. The van der Waals surface area contributed by atoms with Crippen LogP contribution < -0.4 is 4.90 Å². The van der Waals surface area contributed by atoms with Crippen LogP contribution in [0.5, 0.6) is 0 Å². The number of sulfonamides is 1. The zero-order valence-corrected chi connectivity index (χ0v) is 18.1. The molecule has 2 aliphatic heterocycles. The molecule has 1 aromatic carbocycles. The molecule has 0 spiro atoms. The first-order valence-corrected chi connectivity index (χ1v) is 11.4. The van der Waals surface area contributed by atoms with Gasteiger partial charge in [-0.15, -0.1) is 0 Å². The van der Waals surface area contributed by atoms with E-state index in [1.54, 1.807) is 32.9 Å². The number of amides is 1. The standard InChI is InChI=1S/C20H26N2O7S/c1-4-21(5-2)30(26,27)16-8-6-15(7-9-16)22-12-14(11-18(22)23)19(24)29-17-10-13(3)28-20(17)25/h6-9,13-14,17H,4-5,10-12H2,1-3H3. The number of rotatable bonds is 7. The maximum atomic E-state index is 12.6. The Hall–Kier alpha value is -2.46. The fourth-order valence-electron chi connectivity index (χ4n) is 3.68.